The van der Waals surface area contributed by atoms with Crippen LogP contribution in [0.15, 0.2) is 36.7 Å². The molecule has 1 saturated heterocycles. The summed E-state index contributed by atoms with van der Waals surface area (Å²) in [7, 11) is 2.05. The number of hydrogen-bond donors (Lipinski definition) is 1. The van der Waals surface area contributed by atoms with Gasteiger partial charge < -0.3 is 15.2 Å². The molecule has 0 spiro atoms. The molecule has 1 fully saturated rings. The average molecular weight is 285 g/mol. The Kier molecular flexibility index (Phi) is 4.10. The van der Waals surface area contributed by atoms with Crippen molar-refractivity contribution in [2.45, 2.75) is 6.42 Å². The third kappa shape index (κ3) is 3.19. The van der Waals surface area contributed by atoms with E-state index in [1.54, 1.807) is 0 Å². The van der Waals surface area contributed by atoms with Crippen molar-refractivity contribution in [1.29, 1.82) is 0 Å². The van der Waals surface area contributed by atoms with Gasteiger partial charge in [0.25, 0.3) is 0 Å². The van der Waals surface area contributed by atoms with E-state index >= 15 is 0 Å². The van der Waals surface area contributed by atoms with Gasteiger partial charge in [-0.2, -0.15) is 0 Å². The Morgan fingerprint density at radius 2 is 1.90 bits per heavy atom. The van der Waals surface area contributed by atoms with Crippen molar-refractivity contribution in [3.05, 3.63) is 42.5 Å². The molecule has 0 aliphatic carbocycles. The predicted octanol–water partition coefficient (Wildman–Crippen LogP) is 1.37. The van der Waals surface area contributed by atoms with Crippen LogP contribution in [0, 0.1) is 0 Å². The highest BCUT2D eigenvalue weighted by Crippen LogP contribution is 2.23. The zero-order chi connectivity index (χ0) is 14.7. The van der Waals surface area contributed by atoms with Crippen molar-refractivity contribution < 1.29 is 0 Å². The highest BCUT2D eigenvalue weighted by Gasteiger charge is 2.18. The molecule has 5 heteroatoms. The van der Waals surface area contributed by atoms with Gasteiger partial charge in [-0.15, -0.1) is 0 Å². The van der Waals surface area contributed by atoms with Gasteiger partial charge in [0.2, 0.25) is 0 Å². The van der Waals surface area contributed by atoms with Gasteiger partial charge in [0.15, 0.2) is 0 Å². The smallest absolute Gasteiger partial charge is 0.109 e. The maximum Gasteiger partial charge on any atom is 0.109 e. The molecule has 1 aromatic heterocycles. The van der Waals surface area contributed by atoms with Gasteiger partial charge in [0.1, 0.15) is 5.82 Å². The summed E-state index contributed by atoms with van der Waals surface area (Å²) < 4.78 is 2.10. The SMILES string of the molecule is Cn1ccnc1CCN1CCN(c2ccccc2N)CC1. The Balaban J connectivity index is 1.51. The topological polar surface area (TPSA) is 50.3 Å². The minimum absolute atomic E-state index is 0.874. The zero-order valence-corrected chi connectivity index (χ0v) is 12.6. The van der Waals surface area contributed by atoms with Crippen molar-refractivity contribution in [3.63, 3.8) is 0 Å². The molecule has 2 N–H and O–H groups in total. The number of nitrogens with zero attached hydrogens (tertiary/aromatic N) is 4. The number of nitrogen functional groups attached to an aromatic ring is 1. The number of nitrogens with two attached hydrogens (primary N) is 1. The molecular formula is C16H23N5. The summed E-state index contributed by atoms with van der Waals surface area (Å²) in [5.74, 6) is 1.16. The van der Waals surface area contributed by atoms with E-state index in [1.165, 1.54) is 5.69 Å². The highest BCUT2D eigenvalue weighted by molar-refractivity contribution is 5.67. The van der Waals surface area contributed by atoms with E-state index in [1.807, 2.05) is 24.5 Å². The third-order valence-electron chi connectivity index (χ3n) is 4.22. The molecule has 21 heavy (non-hydrogen) atoms. The predicted molar refractivity (Wildman–Crippen MR) is 86.4 cm³/mol. The zero-order valence-electron chi connectivity index (χ0n) is 12.6. The largest absolute Gasteiger partial charge is 0.397 e. The summed E-state index contributed by atoms with van der Waals surface area (Å²) in [4.78, 5) is 9.27. The summed E-state index contributed by atoms with van der Waals surface area (Å²) in [5, 5.41) is 0. The number of para-hydroxylation sites is 2. The number of aryl methyl sites for hydroxylation is 1. The number of benzene rings is 1. The average Bonchev–Trinajstić information content (AvgIpc) is 2.92. The second-order valence-electron chi connectivity index (χ2n) is 5.59. The van der Waals surface area contributed by atoms with Crippen LogP contribution in [0.4, 0.5) is 11.4 Å². The van der Waals surface area contributed by atoms with Crippen LogP contribution in [-0.2, 0) is 13.5 Å². The normalized spacial score (nSPS) is 16.3. The number of hydrogen-bond acceptors (Lipinski definition) is 4. The number of aromatic nitrogens is 2. The molecule has 112 valence electrons. The number of piperazine rings is 1. The second-order valence-corrected chi connectivity index (χ2v) is 5.59. The Morgan fingerprint density at radius 1 is 1.14 bits per heavy atom. The summed E-state index contributed by atoms with van der Waals surface area (Å²) in [6.07, 6.45) is 4.88. The van der Waals surface area contributed by atoms with Crippen molar-refractivity contribution in [1.82, 2.24) is 14.5 Å². The van der Waals surface area contributed by atoms with E-state index in [2.05, 4.69) is 38.5 Å². The third-order valence-corrected chi connectivity index (χ3v) is 4.22. The summed E-state index contributed by atoms with van der Waals surface area (Å²) in [6, 6.07) is 8.13. The number of anilines is 2. The Morgan fingerprint density at radius 3 is 2.57 bits per heavy atom. The lowest BCUT2D eigenvalue weighted by Crippen LogP contribution is -2.47. The van der Waals surface area contributed by atoms with Crippen molar-refractivity contribution >= 4 is 11.4 Å². The monoisotopic (exact) mass is 285 g/mol. The van der Waals surface area contributed by atoms with Gasteiger partial charge in [0.05, 0.1) is 11.4 Å². The fraction of sp³-hybridized carbons (Fsp3) is 0.438. The molecular weight excluding hydrogens is 262 g/mol. The van der Waals surface area contributed by atoms with Gasteiger partial charge in [-0.25, -0.2) is 4.98 Å². The highest BCUT2D eigenvalue weighted by atomic mass is 15.3. The van der Waals surface area contributed by atoms with E-state index in [0.29, 0.717) is 0 Å². The molecule has 2 aromatic rings. The molecule has 0 radical (unpaired) electrons. The molecule has 0 bridgehead atoms. The van der Waals surface area contributed by atoms with Crippen LogP contribution < -0.4 is 10.6 Å². The minimum atomic E-state index is 0.874. The molecule has 0 saturated carbocycles. The van der Waals surface area contributed by atoms with Crippen LogP contribution in [0.5, 0.6) is 0 Å². The first-order valence-electron chi connectivity index (χ1n) is 7.52. The number of rotatable bonds is 4. The lowest BCUT2D eigenvalue weighted by molar-refractivity contribution is 0.259. The van der Waals surface area contributed by atoms with Crippen LogP contribution in [0.2, 0.25) is 0 Å². The molecule has 0 amide bonds. The maximum absolute atomic E-state index is 6.06. The number of imidazole rings is 1. The van der Waals surface area contributed by atoms with E-state index in [9.17, 15) is 0 Å². The van der Waals surface area contributed by atoms with Gasteiger partial charge >= 0.3 is 0 Å². The molecule has 3 rings (SSSR count). The van der Waals surface area contributed by atoms with Gasteiger partial charge in [-0.1, -0.05) is 12.1 Å². The molecule has 1 aliphatic rings. The minimum Gasteiger partial charge on any atom is -0.397 e. The summed E-state index contributed by atoms with van der Waals surface area (Å²) in [5.41, 5.74) is 8.10. The molecule has 2 heterocycles. The Labute approximate surface area is 126 Å². The van der Waals surface area contributed by atoms with Gasteiger partial charge in [-0.3, -0.25) is 4.90 Å². The van der Waals surface area contributed by atoms with Crippen LogP contribution >= 0.6 is 0 Å². The van der Waals surface area contributed by atoms with Crippen molar-refractivity contribution in [3.8, 4) is 0 Å². The fourth-order valence-electron chi connectivity index (χ4n) is 2.88. The quantitative estimate of drug-likeness (QED) is 0.862. The van der Waals surface area contributed by atoms with E-state index in [-0.39, 0.29) is 0 Å². The standard InChI is InChI=1S/C16H23N5/c1-19-9-7-18-16(19)6-8-20-10-12-21(13-11-20)15-5-3-2-4-14(15)17/h2-5,7,9H,6,8,10-13,17H2,1H3. The first-order valence-corrected chi connectivity index (χ1v) is 7.52. The molecule has 1 aromatic carbocycles. The molecule has 0 unspecified atom stereocenters. The van der Waals surface area contributed by atoms with Gasteiger partial charge in [0, 0.05) is 58.6 Å². The molecule has 1 aliphatic heterocycles. The van der Waals surface area contributed by atoms with E-state index in [4.69, 9.17) is 5.73 Å². The molecule has 5 nitrogen and oxygen atoms in total. The first kappa shape index (κ1) is 13.9. The Bertz CT molecular complexity index is 584. The second kappa shape index (κ2) is 6.18. The lowest BCUT2D eigenvalue weighted by atomic mass is 10.2. The summed E-state index contributed by atoms with van der Waals surface area (Å²) >= 11 is 0. The maximum atomic E-state index is 6.06. The molecule has 0 atom stereocenters. The van der Waals surface area contributed by atoms with Crippen molar-refractivity contribution in [2.24, 2.45) is 7.05 Å². The Hall–Kier alpha value is -2.01. The van der Waals surface area contributed by atoms with Crippen LogP contribution in [0.3, 0.4) is 0 Å². The van der Waals surface area contributed by atoms with Gasteiger partial charge in [-0.05, 0) is 12.1 Å². The van der Waals surface area contributed by atoms with Crippen LogP contribution in [0.25, 0.3) is 0 Å². The lowest BCUT2D eigenvalue weighted by Gasteiger charge is -2.36. The van der Waals surface area contributed by atoms with E-state index < -0.39 is 0 Å². The van der Waals surface area contributed by atoms with Crippen molar-refractivity contribution in [2.75, 3.05) is 43.4 Å². The summed E-state index contributed by atoms with van der Waals surface area (Å²) in [6.45, 7) is 5.31. The first-order chi connectivity index (χ1) is 10.2. The fourth-order valence-corrected chi connectivity index (χ4v) is 2.88. The van der Waals surface area contributed by atoms with Crippen LogP contribution in [-0.4, -0.2) is 47.2 Å². The van der Waals surface area contributed by atoms with E-state index in [0.717, 1.165) is 50.7 Å². The van der Waals surface area contributed by atoms with Crippen LogP contribution in [0.1, 0.15) is 5.82 Å².